The number of benzene rings is 1. The van der Waals surface area contributed by atoms with E-state index in [1.807, 2.05) is 0 Å². The second-order valence-corrected chi connectivity index (χ2v) is 6.56. The Morgan fingerprint density at radius 2 is 1.74 bits per heavy atom. The molecule has 0 atom stereocenters. The van der Waals surface area contributed by atoms with Gasteiger partial charge >= 0.3 is 6.36 Å². The minimum absolute atomic E-state index is 0.288. The molecule has 0 unspecified atom stereocenters. The summed E-state index contributed by atoms with van der Waals surface area (Å²) in [5.74, 6) is -0.579. The van der Waals surface area contributed by atoms with Crippen molar-refractivity contribution in [2.75, 3.05) is 0 Å². The quantitative estimate of drug-likeness (QED) is 0.933. The lowest BCUT2D eigenvalue weighted by Crippen LogP contribution is -2.40. The first-order chi connectivity index (χ1) is 8.39. The number of hydrogen-bond donors (Lipinski definition) is 1. The first-order valence-corrected chi connectivity index (χ1v) is 6.77. The van der Waals surface area contributed by atoms with Gasteiger partial charge in [-0.3, -0.25) is 0 Å². The Kier molecular flexibility index (Phi) is 4.16. The second-order valence-electron chi connectivity index (χ2n) is 4.88. The Morgan fingerprint density at radius 1 is 1.16 bits per heavy atom. The number of ether oxygens (including phenoxy) is 1. The lowest BCUT2D eigenvalue weighted by Gasteiger charge is -2.20. The summed E-state index contributed by atoms with van der Waals surface area (Å²) in [4.78, 5) is -0.288. The molecule has 0 aliphatic heterocycles. The van der Waals surface area contributed by atoms with Gasteiger partial charge < -0.3 is 4.74 Å². The molecule has 0 fully saturated rings. The van der Waals surface area contributed by atoms with Gasteiger partial charge in [0.15, 0.2) is 0 Å². The Hall–Kier alpha value is -1.28. The smallest absolute Gasteiger partial charge is 0.406 e. The van der Waals surface area contributed by atoms with Crippen LogP contribution in [0.4, 0.5) is 13.2 Å². The fraction of sp³-hybridized carbons (Fsp3) is 0.455. The number of alkyl halides is 3. The number of hydrogen-bond acceptors (Lipinski definition) is 3. The third-order valence-electron chi connectivity index (χ3n) is 1.79. The molecule has 0 saturated carbocycles. The van der Waals surface area contributed by atoms with Gasteiger partial charge in [0.05, 0.1) is 4.90 Å². The van der Waals surface area contributed by atoms with Gasteiger partial charge in [-0.05, 0) is 32.9 Å². The van der Waals surface area contributed by atoms with Crippen molar-refractivity contribution < 1.29 is 26.3 Å². The number of sulfonamides is 1. The highest BCUT2D eigenvalue weighted by molar-refractivity contribution is 7.89. The summed E-state index contributed by atoms with van der Waals surface area (Å²) >= 11 is 0. The van der Waals surface area contributed by atoms with Crippen molar-refractivity contribution in [3.05, 3.63) is 24.3 Å². The molecule has 1 aromatic carbocycles. The highest BCUT2D eigenvalue weighted by atomic mass is 32.2. The third-order valence-corrected chi connectivity index (χ3v) is 3.55. The molecule has 0 radical (unpaired) electrons. The van der Waals surface area contributed by atoms with Crippen LogP contribution in [0.5, 0.6) is 5.75 Å². The van der Waals surface area contributed by atoms with E-state index in [9.17, 15) is 21.6 Å². The Bertz CT molecular complexity index is 547. The summed E-state index contributed by atoms with van der Waals surface area (Å²) in [6, 6.07) is 4.22. The molecule has 108 valence electrons. The number of rotatable bonds is 3. The molecule has 0 aromatic heterocycles. The van der Waals surface area contributed by atoms with Crippen LogP contribution in [0.25, 0.3) is 0 Å². The van der Waals surface area contributed by atoms with Crippen molar-refractivity contribution in [1.82, 2.24) is 4.72 Å². The molecule has 0 saturated heterocycles. The van der Waals surface area contributed by atoms with Gasteiger partial charge in [-0.2, -0.15) is 0 Å². The predicted octanol–water partition coefficient (Wildman–Crippen LogP) is 2.66. The molecular formula is C11H14F3NO3S. The van der Waals surface area contributed by atoms with Gasteiger partial charge in [-0.1, -0.05) is 6.07 Å². The standard InChI is InChI=1S/C11H14F3NO3S/c1-10(2,3)15-19(16,17)9-6-4-5-8(7-9)18-11(12,13)14/h4-7,15H,1-3H3. The van der Waals surface area contributed by atoms with Gasteiger partial charge in [0, 0.05) is 11.6 Å². The van der Waals surface area contributed by atoms with E-state index in [4.69, 9.17) is 0 Å². The monoisotopic (exact) mass is 297 g/mol. The van der Waals surface area contributed by atoms with E-state index in [1.54, 1.807) is 20.8 Å². The Balaban J connectivity index is 3.06. The van der Waals surface area contributed by atoms with Gasteiger partial charge in [0.1, 0.15) is 5.75 Å². The lowest BCUT2D eigenvalue weighted by molar-refractivity contribution is -0.274. The second kappa shape index (κ2) is 5.01. The van der Waals surface area contributed by atoms with Crippen LogP contribution in [0.1, 0.15) is 20.8 Å². The van der Waals surface area contributed by atoms with Crippen LogP contribution in [-0.2, 0) is 10.0 Å². The fourth-order valence-electron chi connectivity index (χ4n) is 1.30. The van der Waals surface area contributed by atoms with Crippen LogP contribution < -0.4 is 9.46 Å². The minimum Gasteiger partial charge on any atom is -0.406 e. The highest BCUT2D eigenvalue weighted by Crippen LogP contribution is 2.25. The molecule has 4 nitrogen and oxygen atoms in total. The molecule has 1 rings (SSSR count). The molecule has 0 spiro atoms. The molecule has 1 N–H and O–H groups in total. The van der Waals surface area contributed by atoms with E-state index in [1.165, 1.54) is 12.1 Å². The Labute approximate surface area is 109 Å². The average molecular weight is 297 g/mol. The highest BCUT2D eigenvalue weighted by Gasteiger charge is 2.31. The molecular weight excluding hydrogens is 283 g/mol. The molecule has 0 amide bonds. The molecule has 0 heterocycles. The van der Waals surface area contributed by atoms with Gasteiger partial charge in [-0.15, -0.1) is 13.2 Å². The topological polar surface area (TPSA) is 55.4 Å². The molecule has 0 aliphatic rings. The maximum absolute atomic E-state index is 12.1. The number of halogens is 3. The summed E-state index contributed by atoms with van der Waals surface area (Å²) in [5.41, 5.74) is -0.736. The van der Waals surface area contributed by atoms with Crippen molar-refractivity contribution in [2.24, 2.45) is 0 Å². The van der Waals surface area contributed by atoms with E-state index >= 15 is 0 Å². The van der Waals surface area contributed by atoms with E-state index in [-0.39, 0.29) is 4.90 Å². The zero-order valence-corrected chi connectivity index (χ0v) is 11.4. The maximum Gasteiger partial charge on any atom is 0.573 e. The molecule has 1 aromatic rings. The van der Waals surface area contributed by atoms with E-state index in [2.05, 4.69) is 9.46 Å². The third kappa shape index (κ3) is 5.48. The Morgan fingerprint density at radius 3 is 2.21 bits per heavy atom. The van der Waals surface area contributed by atoms with Crippen LogP contribution in [-0.4, -0.2) is 20.3 Å². The summed E-state index contributed by atoms with van der Waals surface area (Å²) < 4.78 is 66.0. The van der Waals surface area contributed by atoms with Crippen molar-refractivity contribution in [3.63, 3.8) is 0 Å². The summed E-state index contributed by atoms with van der Waals surface area (Å²) in [5, 5.41) is 0. The van der Waals surface area contributed by atoms with Crippen molar-refractivity contribution >= 4 is 10.0 Å². The number of nitrogens with one attached hydrogen (secondary N) is 1. The van der Waals surface area contributed by atoms with E-state index in [0.717, 1.165) is 12.1 Å². The first-order valence-electron chi connectivity index (χ1n) is 5.29. The van der Waals surface area contributed by atoms with Crippen LogP contribution >= 0.6 is 0 Å². The van der Waals surface area contributed by atoms with Gasteiger partial charge in [0.25, 0.3) is 0 Å². The van der Waals surface area contributed by atoms with E-state index in [0.29, 0.717) is 0 Å². The van der Waals surface area contributed by atoms with Crippen molar-refractivity contribution in [1.29, 1.82) is 0 Å². The summed E-state index contributed by atoms with van der Waals surface area (Å²) in [6.45, 7) is 4.88. The molecule has 19 heavy (non-hydrogen) atoms. The minimum atomic E-state index is -4.86. The normalized spacial score (nSPS) is 13.4. The largest absolute Gasteiger partial charge is 0.573 e. The molecule has 0 bridgehead atoms. The maximum atomic E-state index is 12.1. The zero-order valence-electron chi connectivity index (χ0n) is 10.6. The van der Waals surface area contributed by atoms with Crippen molar-refractivity contribution in [3.8, 4) is 5.75 Å². The average Bonchev–Trinajstić information content (AvgIpc) is 2.11. The SMILES string of the molecule is CC(C)(C)NS(=O)(=O)c1cccc(OC(F)(F)F)c1. The van der Waals surface area contributed by atoms with Crippen LogP contribution in [0.2, 0.25) is 0 Å². The first kappa shape index (κ1) is 15.8. The van der Waals surface area contributed by atoms with E-state index < -0.39 is 27.7 Å². The predicted molar refractivity (Wildman–Crippen MR) is 63.2 cm³/mol. The van der Waals surface area contributed by atoms with Gasteiger partial charge in [-0.25, -0.2) is 13.1 Å². The van der Waals surface area contributed by atoms with Crippen LogP contribution in [0, 0.1) is 0 Å². The zero-order chi connectivity index (χ0) is 14.9. The lowest BCUT2D eigenvalue weighted by atomic mass is 10.1. The summed E-state index contributed by atoms with van der Waals surface area (Å²) in [6.07, 6.45) is -4.86. The molecule has 8 heteroatoms. The van der Waals surface area contributed by atoms with Crippen LogP contribution in [0.15, 0.2) is 29.2 Å². The fourth-order valence-corrected chi connectivity index (χ4v) is 2.75. The molecule has 0 aliphatic carbocycles. The van der Waals surface area contributed by atoms with Crippen molar-refractivity contribution in [2.45, 2.75) is 37.6 Å². The summed E-state index contributed by atoms with van der Waals surface area (Å²) in [7, 11) is -3.89. The van der Waals surface area contributed by atoms with Gasteiger partial charge in [0.2, 0.25) is 10.0 Å². The van der Waals surface area contributed by atoms with Crippen LogP contribution in [0.3, 0.4) is 0 Å².